The Morgan fingerprint density at radius 3 is 2.25 bits per heavy atom. The van der Waals surface area contributed by atoms with Gasteiger partial charge in [0.05, 0.1) is 4.90 Å². The molecule has 1 N–H and O–H groups in total. The molecular weight excluding hydrogens is 372 g/mol. The van der Waals surface area contributed by atoms with Crippen molar-refractivity contribution in [2.75, 3.05) is 13.1 Å². The van der Waals surface area contributed by atoms with Gasteiger partial charge in [0.15, 0.2) is 0 Å². The molecule has 0 bridgehead atoms. The third kappa shape index (κ3) is 4.62. The van der Waals surface area contributed by atoms with E-state index in [0.717, 1.165) is 23.1 Å². The summed E-state index contributed by atoms with van der Waals surface area (Å²) in [6.07, 6.45) is 2.10. The Bertz CT molecular complexity index is 944. The summed E-state index contributed by atoms with van der Waals surface area (Å²) >= 11 is 0. The average molecular weight is 401 g/mol. The average Bonchev–Trinajstić information content (AvgIpc) is 2.70. The predicted octanol–water partition coefficient (Wildman–Crippen LogP) is 3.45. The van der Waals surface area contributed by atoms with E-state index in [2.05, 4.69) is 4.72 Å². The number of amides is 1. The van der Waals surface area contributed by atoms with Gasteiger partial charge in [0.2, 0.25) is 10.0 Å². The summed E-state index contributed by atoms with van der Waals surface area (Å²) in [6.45, 7) is 7.16. The summed E-state index contributed by atoms with van der Waals surface area (Å²) in [5.41, 5.74) is 4.06. The van der Waals surface area contributed by atoms with Crippen LogP contribution < -0.4 is 4.72 Å². The SMILES string of the molecule is CCc1ccc(S(=O)(=O)NC2CCN(C(=O)c3ccc(C)c(C)c3)CC2)cc1. The number of nitrogens with one attached hydrogen (secondary N) is 1. The second kappa shape index (κ2) is 8.45. The van der Waals surface area contributed by atoms with Crippen molar-refractivity contribution in [1.82, 2.24) is 9.62 Å². The van der Waals surface area contributed by atoms with E-state index in [-0.39, 0.29) is 11.9 Å². The molecule has 1 amide bonds. The zero-order valence-corrected chi connectivity index (χ0v) is 17.6. The minimum atomic E-state index is -3.54. The maximum Gasteiger partial charge on any atom is 0.253 e. The van der Waals surface area contributed by atoms with Gasteiger partial charge in [0.25, 0.3) is 5.91 Å². The quantitative estimate of drug-likeness (QED) is 0.836. The van der Waals surface area contributed by atoms with E-state index in [1.54, 1.807) is 12.1 Å². The van der Waals surface area contributed by atoms with Crippen LogP contribution in [0.2, 0.25) is 0 Å². The van der Waals surface area contributed by atoms with Gasteiger partial charge in [-0.1, -0.05) is 25.1 Å². The highest BCUT2D eigenvalue weighted by molar-refractivity contribution is 7.89. The van der Waals surface area contributed by atoms with Gasteiger partial charge in [0, 0.05) is 24.7 Å². The van der Waals surface area contributed by atoms with Crippen molar-refractivity contribution < 1.29 is 13.2 Å². The first kappa shape index (κ1) is 20.6. The number of carbonyl (C=O) groups is 1. The summed E-state index contributed by atoms with van der Waals surface area (Å²) in [5, 5.41) is 0. The van der Waals surface area contributed by atoms with Gasteiger partial charge in [-0.05, 0) is 74.1 Å². The molecule has 1 fully saturated rings. The fraction of sp³-hybridized carbons (Fsp3) is 0.409. The number of hydrogen-bond donors (Lipinski definition) is 1. The molecule has 0 unspecified atom stereocenters. The van der Waals surface area contributed by atoms with Crippen molar-refractivity contribution in [3.8, 4) is 0 Å². The molecular formula is C22H28N2O3S. The highest BCUT2D eigenvalue weighted by Crippen LogP contribution is 2.19. The van der Waals surface area contributed by atoms with Crippen molar-refractivity contribution in [2.24, 2.45) is 0 Å². The largest absolute Gasteiger partial charge is 0.339 e. The molecule has 0 atom stereocenters. The third-order valence-electron chi connectivity index (χ3n) is 5.50. The van der Waals surface area contributed by atoms with E-state index in [1.165, 1.54) is 0 Å². The Hall–Kier alpha value is -2.18. The summed E-state index contributed by atoms with van der Waals surface area (Å²) in [5.74, 6) is 0.0135. The molecule has 1 saturated heterocycles. The molecule has 0 aromatic heterocycles. The molecule has 1 aliphatic heterocycles. The van der Waals surface area contributed by atoms with E-state index < -0.39 is 10.0 Å². The number of aryl methyl sites for hydroxylation is 3. The lowest BCUT2D eigenvalue weighted by Gasteiger charge is -2.32. The van der Waals surface area contributed by atoms with Gasteiger partial charge in [-0.15, -0.1) is 0 Å². The number of carbonyl (C=O) groups excluding carboxylic acids is 1. The zero-order chi connectivity index (χ0) is 20.3. The predicted molar refractivity (Wildman–Crippen MR) is 111 cm³/mol. The topological polar surface area (TPSA) is 66.5 Å². The zero-order valence-electron chi connectivity index (χ0n) is 16.7. The van der Waals surface area contributed by atoms with Gasteiger partial charge < -0.3 is 4.90 Å². The van der Waals surface area contributed by atoms with Crippen molar-refractivity contribution in [3.63, 3.8) is 0 Å². The Labute approximate surface area is 167 Å². The molecule has 0 aliphatic carbocycles. The van der Waals surface area contributed by atoms with Crippen LogP contribution in [0.5, 0.6) is 0 Å². The molecule has 3 rings (SSSR count). The van der Waals surface area contributed by atoms with Crippen molar-refractivity contribution in [2.45, 2.75) is 51.0 Å². The van der Waals surface area contributed by atoms with Gasteiger partial charge in [-0.2, -0.15) is 0 Å². The van der Waals surface area contributed by atoms with Crippen LogP contribution in [-0.4, -0.2) is 38.4 Å². The number of hydrogen-bond acceptors (Lipinski definition) is 3. The van der Waals surface area contributed by atoms with E-state index in [1.807, 2.05) is 56.0 Å². The molecule has 28 heavy (non-hydrogen) atoms. The number of sulfonamides is 1. The van der Waals surface area contributed by atoms with Crippen LogP contribution in [0.4, 0.5) is 0 Å². The third-order valence-corrected chi connectivity index (χ3v) is 7.04. The fourth-order valence-corrected chi connectivity index (χ4v) is 4.75. The maximum atomic E-state index is 12.7. The summed E-state index contributed by atoms with van der Waals surface area (Å²) < 4.78 is 28.0. The first-order valence-corrected chi connectivity index (χ1v) is 11.3. The summed E-state index contributed by atoms with van der Waals surface area (Å²) in [6, 6.07) is 12.6. The molecule has 5 nitrogen and oxygen atoms in total. The Balaban J connectivity index is 1.60. The lowest BCUT2D eigenvalue weighted by molar-refractivity contribution is 0.0711. The van der Waals surface area contributed by atoms with Crippen LogP contribution in [0.15, 0.2) is 47.4 Å². The molecule has 0 radical (unpaired) electrons. The Kier molecular flexibility index (Phi) is 6.20. The van der Waals surface area contributed by atoms with Crippen LogP contribution in [0, 0.1) is 13.8 Å². The van der Waals surface area contributed by atoms with Crippen LogP contribution in [-0.2, 0) is 16.4 Å². The van der Waals surface area contributed by atoms with E-state index in [9.17, 15) is 13.2 Å². The molecule has 1 heterocycles. The fourth-order valence-electron chi connectivity index (χ4n) is 3.45. The molecule has 1 aliphatic rings. The number of piperidine rings is 1. The monoisotopic (exact) mass is 400 g/mol. The highest BCUT2D eigenvalue weighted by atomic mass is 32.2. The molecule has 6 heteroatoms. The minimum Gasteiger partial charge on any atom is -0.339 e. The first-order valence-electron chi connectivity index (χ1n) is 9.78. The van der Waals surface area contributed by atoms with Gasteiger partial charge in [0.1, 0.15) is 0 Å². The maximum absolute atomic E-state index is 12.7. The Morgan fingerprint density at radius 1 is 1.04 bits per heavy atom. The van der Waals surface area contributed by atoms with Crippen LogP contribution in [0.1, 0.15) is 46.8 Å². The van der Waals surface area contributed by atoms with Crippen molar-refractivity contribution >= 4 is 15.9 Å². The molecule has 0 saturated carbocycles. The number of likely N-dealkylation sites (tertiary alicyclic amines) is 1. The van der Waals surface area contributed by atoms with Crippen molar-refractivity contribution in [3.05, 3.63) is 64.7 Å². The second-order valence-electron chi connectivity index (χ2n) is 7.48. The van der Waals surface area contributed by atoms with Gasteiger partial charge >= 0.3 is 0 Å². The smallest absolute Gasteiger partial charge is 0.253 e. The molecule has 150 valence electrons. The minimum absolute atomic E-state index is 0.0135. The second-order valence-corrected chi connectivity index (χ2v) is 9.20. The lowest BCUT2D eigenvalue weighted by Crippen LogP contribution is -2.46. The van der Waals surface area contributed by atoms with E-state index in [0.29, 0.717) is 36.4 Å². The van der Waals surface area contributed by atoms with Gasteiger partial charge in [-0.3, -0.25) is 4.79 Å². The molecule has 0 spiro atoms. The van der Waals surface area contributed by atoms with Crippen molar-refractivity contribution in [1.29, 1.82) is 0 Å². The first-order chi connectivity index (χ1) is 13.3. The number of rotatable bonds is 5. The Morgan fingerprint density at radius 2 is 1.68 bits per heavy atom. The molecule has 2 aromatic carbocycles. The number of nitrogens with zero attached hydrogens (tertiary/aromatic N) is 1. The summed E-state index contributed by atoms with van der Waals surface area (Å²) in [7, 11) is -3.54. The van der Waals surface area contributed by atoms with Crippen LogP contribution in [0.25, 0.3) is 0 Å². The number of benzene rings is 2. The van der Waals surface area contributed by atoms with Crippen LogP contribution in [0.3, 0.4) is 0 Å². The standard InChI is InChI=1S/C22H28N2O3S/c1-4-18-6-9-21(10-7-18)28(26,27)23-20-11-13-24(14-12-20)22(25)19-8-5-16(2)17(3)15-19/h5-10,15,20,23H,4,11-14H2,1-3H3. The summed E-state index contributed by atoms with van der Waals surface area (Å²) in [4.78, 5) is 14.8. The normalized spacial score (nSPS) is 15.6. The van der Waals surface area contributed by atoms with E-state index >= 15 is 0 Å². The lowest BCUT2D eigenvalue weighted by atomic mass is 10.0. The highest BCUT2D eigenvalue weighted by Gasteiger charge is 2.27. The van der Waals surface area contributed by atoms with Crippen LogP contribution >= 0.6 is 0 Å². The molecule has 2 aromatic rings. The van der Waals surface area contributed by atoms with Gasteiger partial charge in [-0.25, -0.2) is 13.1 Å². The van der Waals surface area contributed by atoms with E-state index in [4.69, 9.17) is 0 Å².